The summed E-state index contributed by atoms with van der Waals surface area (Å²) in [4.78, 5) is 30.5. The van der Waals surface area contributed by atoms with Gasteiger partial charge in [0.15, 0.2) is 0 Å². The van der Waals surface area contributed by atoms with Crippen LogP contribution in [0.2, 0.25) is 0 Å². The van der Waals surface area contributed by atoms with Gasteiger partial charge in [-0.15, -0.1) is 0 Å². The van der Waals surface area contributed by atoms with Crippen molar-refractivity contribution < 1.29 is 29.7 Å². The molecule has 2 heterocycles. The number of carbonyl (C=O) groups is 3. The summed E-state index contributed by atoms with van der Waals surface area (Å²) < 4.78 is 0. The van der Waals surface area contributed by atoms with Crippen molar-refractivity contribution in [2.24, 2.45) is 11.7 Å². The molecular formula is C16H31N3O6. The highest BCUT2D eigenvalue weighted by atomic mass is 16.4. The Labute approximate surface area is 148 Å². The maximum atomic E-state index is 10.2. The summed E-state index contributed by atoms with van der Waals surface area (Å²) in [6.07, 6.45) is 4.38. The Morgan fingerprint density at radius 1 is 1.00 bits per heavy atom. The molecule has 2 fully saturated rings. The van der Waals surface area contributed by atoms with Gasteiger partial charge in [0.05, 0.1) is 0 Å². The van der Waals surface area contributed by atoms with Gasteiger partial charge in [0.1, 0.15) is 18.1 Å². The first-order valence-corrected chi connectivity index (χ1v) is 8.61. The van der Waals surface area contributed by atoms with Crippen molar-refractivity contribution in [2.45, 2.75) is 64.1 Å². The number of rotatable bonds is 5. The first kappa shape index (κ1) is 23.3. The molecule has 0 saturated carbocycles. The van der Waals surface area contributed by atoms with Crippen LogP contribution >= 0.6 is 0 Å². The number of nitrogens with two attached hydrogens (primary N) is 1. The van der Waals surface area contributed by atoms with Crippen molar-refractivity contribution in [1.29, 1.82) is 0 Å². The Morgan fingerprint density at radius 3 is 1.52 bits per heavy atom. The zero-order valence-electron chi connectivity index (χ0n) is 14.9. The molecule has 0 radical (unpaired) electrons. The Morgan fingerprint density at radius 2 is 1.40 bits per heavy atom. The lowest BCUT2D eigenvalue weighted by Crippen LogP contribution is -2.36. The van der Waals surface area contributed by atoms with E-state index in [-0.39, 0.29) is 18.0 Å². The average molecular weight is 361 g/mol. The molecule has 25 heavy (non-hydrogen) atoms. The largest absolute Gasteiger partial charge is 0.480 e. The van der Waals surface area contributed by atoms with E-state index in [1.165, 1.54) is 0 Å². The highest BCUT2D eigenvalue weighted by Gasteiger charge is 2.21. The quantitative estimate of drug-likeness (QED) is 0.398. The van der Waals surface area contributed by atoms with Crippen molar-refractivity contribution in [3.8, 4) is 0 Å². The van der Waals surface area contributed by atoms with Gasteiger partial charge < -0.3 is 31.7 Å². The monoisotopic (exact) mass is 361 g/mol. The fraction of sp³-hybridized carbons (Fsp3) is 0.812. The minimum absolute atomic E-state index is 0.0718. The third kappa shape index (κ3) is 10.0. The molecule has 2 saturated heterocycles. The number of nitrogens with one attached hydrogen (secondary N) is 2. The van der Waals surface area contributed by atoms with Gasteiger partial charge in [-0.3, -0.25) is 14.4 Å². The van der Waals surface area contributed by atoms with Gasteiger partial charge in [0, 0.05) is 0 Å². The van der Waals surface area contributed by atoms with Crippen LogP contribution in [0.3, 0.4) is 0 Å². The molecule has 9 heteroatoms. The molecule has 7 N–H and O–H groups in total. The van der Waals surface area contributed by atoms with E-state index in [1.807, 2.05) is 13.8 Å². The van der Waals surface area contributed by atoms with E-state index in [2.05, 4.69) is 10.6 Å². The van der Waals surface area contributed by atoms with Crippen LogP contribution in [0.25, 0.3) is 0 Å². The summed E-state index contributed by atoms with van der Waals surface area (Å²) in [5.41, 5.74) is 5.27. The standard InChI is InChI=1S/C6H13NO2.2C5H9NO2/c1-3-4(2)5(7)6(8)9;2*7-5(8)4-2-1-3-6-4/h4-5H,3,7H2,1-2H3,(H,8,9);2*4,6H,1-3H2,(H,7,8)/t4-,5-;2*4-/m000/s1. The molecule has 2 aliphatic rings. The van der Waals surface area contributed by atoms with E-state index in [0.29, 0.717) is 0 Å². The van der Waals surface area contributed by atoms with E-state index >= 15 is 0 Å². The molecule has 4 atom stereocenters. The van der Waals surface area contributed by atoms with Gasteiger partial charge in [-0.1, -0.05) is 20.3 Å². The second kappa shape index (κ2) is 12.6. The Balaban J connectivity index is 0.000000346. The molecule has 0 spiro atoms. The topological polar surface area (TPSA) is 162 Å². The fourth-order valence-electron chi connectivity index (χ4n) is 2.29. The maximum Gasteiger partial charge on any atom is 0.320 e. The molecule has 2 aliphatic heterocycles. The lowest BCUT2D eigenvalue weighted by molar-refractivity contribution is -0.140. The molecule has 146 valence electrons. The van der Waals surface area contributed by atoms with E-state index in [4.69, 9.17) is 21.1 Å². The van der Waals surface area contributed by atoms with Crippen LogP contribution in [0.5, 0.6) is 0 Å². The lowest BCUT2D eigenvalue weighted by atomic mass is 10.0. The normalized spacial score (nSPS) is 24.1. The average Bonchev–Trinajstić information content (AvgIpc) is 3.27. The van der Waals surface area contributed by atoms with E-state index in [9.17, 15) is 14.4 Å². The highest BCUT2D eigenvalue weighted by Crippen LogP contribution is 2.05. The third-order valence-electron chi connectivity index (χ3n) is 4.26. The molecule has 0 bridgehead atoms. The third-order valence-corrected chi connectivity index (χ3v) is 4.26. The molecule has 9 nitrogen and oxygen atoms in total. The molecule has 0 aromatic carbocycles. The summed E-state index contributed by atoms with van der Waals surface area (Å²) in [5.74, 6) is -2.28. The summed E-state index contributed by atoms with van der Waals surface area (Å²) in [6.45, 7) is 5.47. The Hall–Kier alpha value is -1.71. The van der Waals surface area contributed by atoms with Crippen LogP contribution in [0.4, 0.5) is 0 Å². The molecule has 0 aromatic heterocycles. The van der Waals surface area contributed by atoms with Crippen molar-refractivity contribution in [3.05, 3.63) is 0 Å². The predicted octanol–water partition coefficient (Wildman–Crippen LogP) is 0.0904. The van der Waals surface area contributed by atoms with Crippen LogP contribution in [-0.2, 0) is 14.4 Å². The first-order chi connectivity index (χ1) is 11.7. The maximum absolute atomic E-state index is 10.2. The molecule has 0 unspecified atom stereocenters. The van der Waals surface area contributed by atoms with Crippen LogP contribution in [0, 0.1) is 5.92 Å². The smallest absolute Gasteiger partial charge is 0.320 e. The van der Waals surface area contributed by atoms with Crippen LogP contribution in [0.1, 0.15) is 46.0 Å². The number of aliphatic carboxylic acids is 3. The van der Waals surface area contributed by atoms with Crippen molar-refractivity contribution >= 4 is 17.9 Å². The minimum Gasteiger partial charge on any atom is -0.480 e. The van der Waals surface area contributed by atoms with E-state index in [1.54, 1.807) is 0 Å². The second-order valence-electron chi connectivity index (χ2n) is 6.22. The molecular weight excluding hydrogens is 330 g/mol. The lowest BCUT2D eigenvalue weighted by Gasteiger charge is -2.11. The van der Waals surface area contributed by atoms with E-state index in [0.717, 1.165) is 45.2 Å². The minimum atomic E-state index is -0.913. The summed E-state index contributed by atoms with van der Waals surface area (Å²) in [7, 11) is 0. The summed E-state index contributed by atoms with van der Waals surface area (Å²) in [5, 5.41) is 30.8. The van der Waals surface area contributed by atoms with E-state index < -0.39 is 23.9 Å². The zero-order chi connectivity index (χ0) is 19.4. The van der Waals surface area contributed by atoms with Gasteiger partial charge >= 0.3 is 17.9 Å². The molecule has 2 rings (SSSR count). The van der Waals surface area contributed by atoms with Gasteiger partial charge in [-0.2, -0.15) is 0 Å². The predicted molar refractivity (Wildman–Crippen MR) is 92.4 cm³/mol. The second-order valence-corrected chi connectivity index (χ2v) is 6.22. The molecule has 0 aliphatic carbocycles. The SMILES string of the molecule is CC[C@H](C)[C@H](N)C(=O)O.O=C(O)[C@@H]1CCCN1.O=C(O)[C@@H]1CCCN1. The van der Waals surface area contributed by atoms with Crippen LogP contribution in [0.15, 0.2) is 0 Å². The van der Waals surface area contributed by atoms with Crippen molar-refractivity contribution in [2.75, 3.05) is 13.1 Å². The van der Waals surface area contributed by atoms with Gasteiger partial charge in [-0.25, -0.2) is 0 Å². The number of carboxylic acid groups (broad SMARTS) is 3. The Bertz CT molecular complexity index is 394. The summed E-state index contributed by atoms with van der Waals surface area (Å²) in [6, 6.07) is -1.24. The molecule has 0 amide bonds. The fourth-order valence-corrected chi connectivity index (χ4v) is 2.29. The van der Waals surface area contributed by atoms with Crippen molar-refractivity contribution in [3.63, 3.8) is 0 Å². The Kier molecular flexibility index (Phi) is 11.8. The zero-order valence-corrected chi connectivity index (χ0v) is 14.9. The highest BCUT2D eigenvalue weighted by molar-refractivity contribution is 5.74. The first-order valence-electron chi connectivity index (χ1n) is 8.61. The van der Waals surface area contributed by atoms with Gasteiger partial charge in [-0.05, 0) is 44.7 Å². The van der Waals surface area contributed by atoms with Crippen LogP contribution in [-0.4, -0.2) is 64.4 Å². The van der Waals surface area contributed by atoms with Gasteiger partial charge in [0.25, 0.3) is 0 Å². The van der Waals surface area contributed by atoms with Gasteiger partial charge in [0.2, 0.25) is 0 Å². The number of hydrogen-bond donors (Lipinski definition) is 6. The molecule has 0 aromatic rings. The number of hydrogen-bond acceptors (Lipinski definition) is 6. The summed E-state index contributed by atoms with van der Waals surface area (Å²) >= 11 is 0. The number of carboxylic acids is 3. The van der Waals surface area contributed by atoms with Crippen LogP contribution < -0.4 is 16.4 Å². The van der Waals surface area contributed by atoms with Crippen molar-refractivity contribution in [1.82, 2.24) is 10.6 Å².